The maximum absolute atomic E-state index is 5.27. The van der Waals surface area contributed by atoms with Gasteiger partial charge in [-0.15, -0.1) is 10.2 Å². The van der Waals surface area contributed by atoms with E-state index in [2.05, 4.69) is 22.5 Å². The lowest BCUT2D eigenvalue weighted by Crippen LogP contribution is -2.15. The lowest BCUT2D eigenvalue weighted by Gasteiger charge is -2.25. The van der Waals surface area contributed by atoms with E-state index < -0.39 is 0 Å². The van der Waals surface area contributed by atoms with Crippen LogP contribution in [0.15, 0.2) is 0 Å². The van der Waals surface area contributed by atoms with Crippen molar-refractivity contribution in [3.63, 3.8) is 0 Å². The van der Waals surface area contributed by atoms with Crippen LogP contribution in [0.1, 0.15) is 37.6 Å². The van der Waals surface area contributed by atoms with Gasteiger partial charge in [-0.25, -0.2) is 5.84 Å². The van der Waals surface area contributed by atoms with Gasteiger partial charge in [0.15, 0.2) is 0 Å². The minimum absolute atomic E-state index is 0.701. The minimum atomic E-state index is 0.701. The van der Waals surface area contributed by atoms with Crippen LogP contribution >= 0.6 is 23.1 Å². The van der Waals surface area contributed by atoms with Gasteiger partial charge in [-0.05, 0) is 18.8 Å². The highest BCUT2D eigenvalue weighted by atomic mass is 32.2. The molecule has 0 spiro atoms. The van der Waals surface area contributed by atoms with Crippen molar-refractivity contribution in [2.45, 2.75) is 43.6 Å². The molecule has 90 valence electrons. The largest absolute Gasteiger partial charge is 0.298 e. The van der Waals surface area contributed by atoms with Crippen molar-refractivity contribution in [2.24, 2.45) is 11.8 Å². The Bertz CT molecular complexity index is 328. The summed E-state index contributed by atoms with van der Waals surface area (Å²) in [5.74, 6) is 7.13. The lowest BCUT2D eigenvalue weighted by atomic mass is 9.91. The van der Waals surface area contributed by atoms with Crippen LogP contribution < -0.4 is 11.3 Å². The van der Waals surface area contributed by atoms with E-state index in [4.69, 9.17) is 5.84 Å². The maximum atomic E-state index is 5.27. The van der Waals surface area contributed by atoms with Crippen molar-refractivity contribution in [3.8, 4) is 0 Å². The van der Waals surface area contributed by atoms with Gasteiger partial charge in [0, 0.05) is 11.0 Å². The van der Waals surface area contributed by atoms with E-state index in [1.54, 1.807) is 11.3 Å². The molecule has 0 bridgehead atoms. The van der Waals surface area contributed by atoms with Crippen LogP contribution in [-0.4, -0.2) is 15.4 Å². The fraction of sp³-hybridized carbons (Fsp3) is 0.800. The molecule has 0 radical (unpaired) electrons. The third-order valence-electron chi connectivity index (χ3n) is 2.92. The smallest absolute Gasteiger partial charge is 0.219 e. The number of nitrogens with two attached hydrogens (primary N) is 1. The fourth-order valence-electron chi connectivity index (χ4n) is 2.09. The number of thioether (sulfide) groups is 1. The molecule has 2 atom stereocenters. The summed E-state index contributed by atoms with van der Waals surface area (Å²) in [5, 5.41) is 10.6. The molecule has 1 aromatic heterocycles. The van der Waals surface area contributed by atoms with Crippen LogP contribution in [0, 0.1) is 5.92 Å². The predicted octanol–water partition coefficient (Wildman–Crippen LogP) is 2.64. The van der Waals surface area contributed by atoms with E-state index in [0.29, 0.717) is 5.13 Å². The van der Waals surface area contributed by atoms with Crippen molar-refractivity contribution in [1.82, 2.24) is 10.2 Å². The van der Waals surface area contributed by atoms with Crippen LogP contribution in [0.4, 0.5) is 5.13 Å². The molecule has 2 unspecified atom stereocenters. The standard InChI is InChI=1S/C10H18N4S2/c1-7-3-2-4-8(5-7)15-6-9-13-14-10(12-11)16-9/h7-8H,2-6,11H2,1H3,(H,12,14). The van der Waals surface area contributed by atoms with E-state index in [1.165, 1.54) is 25.7 Å². The molecule has 1 aromatic rings. The van der Waals surface area contributed by atoms with Crippen LogP contribution in [0.2, 0.25) is 0 Å². The van der Waals surface area contributed by atoms with E-state index in [0.717, 1.165) is 21.9 Å². The van der Waals surface area contributed by atoms with Crippen molar-refractivity contribution in [1.29, 1.82) is 0 Å². The van der Waals surface area contributed by atoms with Crippen LogP contribution in [0.3, 0.4) is 0 Å². The molecule has 1 saturated carbocycles. The van der Waals surface area contributed by atoms with Gasteiger partial charge in [-0.2, -0.15) is 11.8 Å². The topological polar surface area (TPSA) is 63.8 Å². The number of rotatable bonds is 4. The number of hydrogen-bond acceptors (Lipinski definition) is 6. The highest BCUT2D eigenvalue weighted by Crippen LogP contribution is 2.34. The summed E-state index contributed by atoms with van der Waals surface area (Å²) in [6, 6.07) is 0. The van der Waals surface area contributed by atoms with Gasteiger partial charge in [-0.1, -0.05) is 31.1 Å². The molecule has 1 fully saturated rings. The van der Waals surface area contributed by atoms with E-state index in [1.807, 2.05) is 11.8 Å². The molecule has 4 nitrogen and oxygen atoms in total. The van der Waals surface area contributed by atoms with Crippen molar-refractivity contribution >= 4 is 28.2 Å². The van der Waals surface area contributed by atoms with Gasteiger partial charge in [0.2, 0.25) is 5.13 Å². The molecule has 1 aliphatic rings. The molecule has 2 rings (SSSR count). The van der Waals surface area contributed by atoms with Gasteiger partial charge in [0.1, 0.15) is 5.01 Å². The Balaban J connectivity index is 1.78. The van der Waals surface area contributed by atoms with E-state index in [9.17, 15) is 0 Å². The first-order valence-electron chi connectivity index (χ1n) is 5.68. The summed E-state index contributed by atoms with van der Waals surface area (Å²) < 4.78 is 0. The molecular weight excluding hydrogens is 240 g/mol. The van der Waals surface area contributed by atoms with E-state index >= 15 is 0 Å². The Labute approximate surface area is 104 Å². The quantitative estimate of drug-likeness (QED) is 0.642. The summed E-state index contributed by atoms with van der Waals surface area (Å²) in [6.07, 6.45) is 5.49. The molecule has 3 N–H and O–H groups in total. The molecule has 6 heteroatoms. The highest BCUT2D eigenvalue weighted by Gasteiger charge is 2.19. The van der Waals surface area contributed by atoms with Crippen LogP contribution in [-0.2, 0) is 5.75 Å². The SMILES string of the molecule is CC1CCCC(SCc2nnc(NN)s2)C1. The number of nitrogens with one attached hydrogen (secondary N) is 1. The fourth-order valence-corrected chi connectivity index (χ4v) is 4.21. The Morgan fingerprint density at radius 3 is 3.06 bits per heavy atom. The summed E-state index contributed by atoms with van der Waals surface area (Å²) in [6.45, 7) is 2.36. The second kappa shape index (κ2) is 5.84. The predicted molar refractivity (Wildman–Crippen MR) is 70.4 cm³/mol. The average molecular weight is 258 g/mol. The normalized spacial score (nSPS) is 25.6. The first-order chi connectivity index (χ1) is 7.78. The van der Waals surface area contributed by atoms with E-state index in [-0.39, 0.29) is 0 Å². The molecule has 1 heterocycles. The third kappa shape index (κ3) is 3.33. The zero-order chi connectivity index (χ0) is 11.4. The van der Waals surface area contributed by atoms with Crippen molar-refractivity contribution < 1.29 is 0 Å². The summed E-state index contributed by atoms with van der Waals surface area (Å²) in [5.41, 5.74) is 2.53. The second-order valence-corrected chi connectivity index (χ2v) is 6.70. The molecule has 0 saturated heterocycles. The molecule has 16 heavy (non-hydrogen) atoms. The second-order valence-electron chi connectivity index (χ2n) is 4.35. The van der Waals surface area contributed by atoms with Gasteiger partial charge >= 0.3 is 0 Å². The molecule has 0 aromatic carbocycles. The Morgan fingerprint density at radius 1 is 1.50 bits per heavy atom. The Hall–Kier alpha value is -0.330. The lowest BCUT2D eigenvalue weighted by molar-refractivity contribution is 0.394. The Morgan fingerprint density at radius 2 is 2.38 bits per heavy atom. The number of nitrogens with zero attached hydrogens (tertiary/aromatic N) is 2. The first kappa shape index (κ1) is 12.1. The number of anilines is 1. The van der Waals surface area contributed by atoms with Crippen LogP contribution in [0.25, 0.3) is 0 Å². The zero-order valence-corrected chi connectivity index (χ0v) is 11.1. The summed E-state index contributed by atoms with van der Waals surface area (Å²) in [7, 11) is 0. The molecule has 1 aliphatic carbocycles. The number of hydrogen-bond donors (Lipinski definition) is 2. The first-order valence-corrected chi connectivity index (χ1v) is 7.55. The third-order valence-corrected chi connectivity index (χ3v) is 5.30. The van der Waals surface area contributed by atoms with Gasteiger partial charge in [0.05, 0.1) is 0 Å². The molecular formula is C10H18N4S2. The van der Waals surface area contributed by atoms with Gasteiger partial charge < -0.3 is 0 Å². The van der Waals surface area contributed by atoms with Gasteiger partial charge in [0.25, 0.3) is 0 Å². The maximum Gasteiger partial charge on any atom is 0.219 e. The Kier molecular flexibility index (Phi) is 4.43. The summed E-state index contributed by atoms with van der Waals surface area (Å²) in [4.78, 5) is 0. The highest BCUT2D eigenvalue weighted by molar-refractivity contribution is 7.99. The molecule has 0 aliphatic heterocycles. The summed E-state index contributed by atoms with van der Waals surface area (Å²) >= 11 is 3.56. The van der Waals surface area contributed by atoms with Crippen LogP contribution in [0.5, 0.6) is 0 Å². The monoisotopic (exact) mass is 258 g/mol. The number of nitrogen functional groups attached to an aromatic ring is 1. The zero-order valence-electron chi connectivity index (χ0n) is 9.48. The number of aromatic nitrogens is 2. The average Bonchev–Trinajstić information content (AvgIpc) is 2.74. The van der Waals surface area contributed by atoms with Gasteiger partial charge in [-0.3, -0.25) is 5.43 Å². The van der Waals surface area contributed by atoms with Crippen molar-refractivity contribution in [2.75, 3.05) is 5.43 Å². The number of hydrazine groups is 1. The minimum Gasteiger partial charge on any atom is -0.298 e. The molecule has 0 amide bonds. The van der Waals surface area contributed by atoms with Crippen molar-refractivity contribution in [3.05, 3.63) is 5.01 Å².